The molecule has 5 heteroatoms. The van der Waals surface area contributed by atoms with Crippen molar-refractivity contribution in [2.75, 3.05) is 13.1 Å². The van der Waals surface area contributed by atoms with Gasteiger partial charge < -0.3 is 5.11 Å². The summed E-state index contributed by atoms with van der Waals surface area (Å²) in [6, 6.07) is 6.05. The van der Waals surface area contributed by atoms with E-state index in [1.54, 1.807) is 12.1 Å². The first-order chi connectivity index (χ1) is 7.12. The van der Waals surface area contributed by atoms with E-state index in [0.717, 1.165) is 12.8 Å². The standard InChI is InChI=1S/C10H13NO3S/c12-9-5-1-2-6-10(9)15(13,14)11-7-3-4-8-11/h1-2,5-6,12H,3-4,7-8H2. The zero-order chi connectivity index (χ0) is 10.9. The average molecular weight is 227 g/mol. The van der Waals surface area contributed by atoms with Crippen LogP contribution in [0.15, 0.2) is 29.2 Å². The zero-order valence-electron chi connectivity index (χ0n) is 8.26. The summed E-state index contributed by atoms with van der Waals surface area (Å²) >= 11 is 0. The van der Waals surface area contributed by atoms with E-state index in [-0.39, 0.29) is 10.6 Å². The SMILES string of the molecule is O=S(=O)(c1ccccc1O)N1CCCC1. The first-order valence-corrected chi connectivity index (χ1v) is 6.34. The molecule has 1 aromatic carbocycles. The van der Waals surface area contributed by atoms with Crippen LogP contribution in [0.1, 0.15) is 12.8 Å². The van der Waals surface area contributed by atoms with E-state index >= 15 is 0 Å². The lowest BCUT2D eigenvalue weighted by Gasteiger charge is -2.15. The zero-order valence-corrected chi connectivity index (χ0v) is 9.07. The maximum Gasteiger partial charge on any atom is 0.246 e. The van der Waals surface area contributed by atoms with E-state index in [0.29, 0.717) is 13.1 Å². The van der Waals surface area contributed by atoms with Gasteiger partial charge in [-0.3, -0.25) is 0 Å². The Morgan fingerprint density at radius 1 is 1.13 bits per heavy atom. The molecule has 1 aliphatic heterocycles. The monoisotopic (exact) mass is 227 g/mol. The smallest absolute Gasteiger partial charge is 0.246 e. The van der Waals surface area contributed by atoms with E-state index in [9.17, 15) is 13.5 Å². The Labute approximate surface area is 89.2 Å². The summed E-state index contributed by atoms with van der Waals surface area (Å²) in [6.07, 6.45) is 1.79. The van der Waals surface area contributed by atoms with Crippen LogP contribution >= 0.6 is 0 Å². The largest absolute Gasteiger partial charge is 0.507 e. The van der Waals surface area contributed by atoms with Gasteiger partial charge in [0.2, 0.25) is 10.0 Å². The number of benzene rings is 1. The number of para-hydroxylation sites is 1. The summed E-state index contributed by atoms with van der Waals surface area (Å²) in [5.41, 5.74) is 0. The lowest BCUT2D eigenvalue weighted by atomic mass is 10.3. The van der Waals surface area contributed by atoms with Gasteiger partial charge in [0.15, 0.2) is 0 Å². The molecule has 15 heavy (non-hydrogen) atoms. The quantitative estimate of drug-likeness (QED) is 0.825. The molecule has 1 aliphatic rings. The summed E-state index contributed by atoms with van der Waals surface area (Å²) in [7, 11) is -3.49. The minimum atomic E-state index is -3.49. The summed E-state index contributed by atoms with van der Waals surface area (Å²) in [5, 5.41) is 9.50. The fraction of sp³-hybridized carbons (Fsp3) is 0.400. The Kier molecular flexibility index (Phi) is 2.67. The van der Waals surface area contributed by atoms with Crippen LogP contribution in [0, 0.1) is 0 Å². The highest BCUT2D eigenvalue weighted by atomic mass is 32.2. The first-order valence-electron chi connectivity index (χ1n) is 4.90. The lowest BCUT2D eigenvalue weighted by Crippen LogP contribution is -2.27. The molecule has 1 N–H and O–H groups in total. The molecule has 4 nitrogen and oxygen atoms in total. The Hall–Kier alpha value is -1.07. The molecule has 0 saturated carbocycles. The van der Waals surface area contributed by atoms with Gasteiger partial charge in [0.05, 0.1) is 0 Å². The van der Waals surface area contributed by atoms with Crippen LogP contribution < -0.4 is 0 Å². The molecule has 0 radical (unpaired) electrons. The van der Waals surface area contributed by atoms with E-state index in [1.807, 2.05) is 0 Å². The van der Waals surface area contributed by atoms with Crippen molar-refractivity contribution in [3.63, 3.8) is 0 Å². The van der Waals surface area contributed by atoms with Gasteiger partial charge in [0, 0.05) is 13.1 Å². The third-order valence-corrected chi connectivity index (χ3v) is 4.49. The first kappa shape index (κ1) is 10.4. The van der Waals surface area contributed by atoms with Gasteiger partial charge in [-0.1, -0.05) is 12.1 Å². The molecule has 1 saturated heterocycles. The third kappa shape index (κ3) is 1.85. The fourth-order valence-corrected chi connectivity index (χ4v) is 3.34. The van der Waals surface area contributed by atoms with E-state index < -0.39 is 10.0 Å². The Morgan fingerprint density at radius 3 is 2.33 bits per heavy atom. The van der Waals surface area contributed by atoms with Crippen molar-refractivity contribution in [2.45, 2.75) is 17.7 Å². The molecule has 1 aromatic rings. The van der Waals surface area contributed by atoms with Gasteiger partial charge in [0.1, 0.15) is 10.6 Å². The van der Waals surface area contributed by atoms with Crippen molar-refractivity contribution >= 4 is 10.0 Å². The van der Waals surface area contributed by atoms with Crippen molar-refractivity contribution in [3.8, 4) is 5.75 Å². The second-order valence-corrected chi connectivity index (χ2v) is 5.49. The highest BCUT2D eigenvalue weighted by molar-refractivity contribution is 7.89. The normalized spacial score (nSPS) is 18.1. The molecule has 1 fully saturated rings. The summed E-state index contributed by atoms with van der Waals surface area (Å²) in [6.45, 7) is 1.10. The Morgan fingerprint density at radius 2 is 1.73 bits per heavy atom. The van der Waals surface area contributed by atoms with Crippen LogP contribution in [0.4, 0.5) is 0 Å². The van der Waals surface area contributed by atoms with Crippen molar-refractivity contribution in [3.05, 3.63) is 24.3 Å². The number of phenolic OH excluding ortho intramolecular Hbond substituents is 1. The predicted molar refractivity (Wildman–Crippen MR) is 56.1 cm³/mol. The molecule has 0 aliphatic carbocycles. The van der Waals surface area contributed by atoms with Gasteiger partial charge in [-0.15, -0.1) is 0 Å². The molecule has 2 rings (SSSR count). The molecule has 1 heterocycles. The summed E-state index contributed by atoms with van der Waals surface area (Å²) in [5.74, 6) is -0.176. The number of phenols is 1. The summed E-state index contributed by atoms with van der Waals surface area (Å²) in [4.78, 5) is 0.00639. The molecule has 0 unspecified atom stereocenters. The van der Waals surface area contributed by atoms with Crippen molar-refractivity contribution in [2.24, 2.45) is 0 Å². The van der Waals surface area contributed by atoms with Gasteiger partial charge in [-0.05, 0) is 25.0 Å². The van der Waals surface area contributed by atoms with E-state index in [1.165, 1.54) is 16.4 Å². The molecule has 0 bridgehead atoms. The van der Waals surface area contributed by atoms with Crippen LogP contribution in [0.25, 0.3) is 0 Å². The number of rotatable bonds is 2. The minimum absolute atomic E-state index is 0.00639. The molecule has 0 aromatic heterocycles. The average Bonchev–Trinajstić information content (AvgIpc) is 2.71. The summed E-state index contributed by atoms with van der Waals surface area (Å²) < 4.78 is 25.5. The number of hydrogen-bond acceptors (Lipinski definition) is 3. The molecule has 0 spiro atoms. The van der Waals surface area contributed by atoms with Crippen LogP contribution in [-0.4, -0.2) is 30.9 Å². The maximum atomic E-state index is 12.0. The van der Waals surface area contributed by atoms with Crippen molar-refractivity contribution in [1.29, 1.82) is 0 Å². The molecule has 0 amide bonds. The number of nitrogens with zero attached hydrogens (tertiary/aromatic N) is 1. The highest BCUT2D eigenvalue weighted by Crippen LogP contribution is 2.27. The van der Waals surface area contributed by atoms with Crippen molar-refractivity contribution in [1.82, 2.24) is 4.31 Å². The predicted octanol–water partition coefficient (Wildman–Crippen LogP) is 1.18. The topological polar surface area (TPSA) is 57.6 Å². The molecule has 0 atom stereocenters. The van der Waals surface area contributed by atoms with Gasteiger partial charge in [0.25, 0.3) is 0 Å². The van der Waals surface area contributed by atoms with Crippen LogP contribution in [0.2, 0.25) is 0 Å². The highest BCUT2D eigenvalue weighted by Gasteiger charge is 2.28. The van der Waals surface area contributed by atoms with Gasteiger partial charge in [-0.2, -0.15) is 4.31 Å². The van der Waals surface area contributed by atoms with Crippen molar-refractivity contribution < 1.29 is 13.5 Å². The van der Waals surface area contributed by atoms with Gasteiger partial charge >= 0.3 is 0 Å². The van der Waals surface area contributed by atoms with Crippen LogP contribution in [-0.2, 0) is 10.0 Å². The number of hydrogen-bond donors (Lipinski definition) is 1. The molecule has 82 valence electrons. The maximum absolute atomic E-state index is 12.0. The second kappa shape index (κ2) is 3.83. The Balaban J connectivity index is 2.41. The van der Waals surface area contributed by atoms with Crippen LogP contribution in [0.5, 0.6) is 5.75 Å². The number of aromatic hydroxyl groups is 1. The van der Waals surface area contributed by atoms with Gasteiger partial charge in [-0.25, -0.2) is 8.42 Å². The fourth-order valence-electron chi connectivity index (χ4n) is 1.74. The Bertz CT molecular complexity index is 449. The molecular weight excluding hydrogens is 214 g/mol. The second-order valence-electron chi connectivity index (χ2n) is 3.58. The minimum Gasteiger partial charge on any atom is -0.507 e. The van der Waals surface area contributed by atoms with Crippen LogP contribution in [0.3, 0.4) is 0 Å². The number of sulfonamides is 1. The van der Waals surface area contributed by atoms with E-state index in [4.69, 9.17) is 0 Å². The third-order valence-electron chi connectivity index (χ3n) is 2.55. The van der Waals surface area contributed by atoms with E-state index in [2.05, 4.69) is 0 Å². The molecular formula is C10H13NO3S. The lowest BCUT2D eigenvalue weighted by molar-refractivity contribution is 0.443.